The van der Waals surface area contributed by atoms with Crippen LogP contribution in [0.25, 0.3) is 0 Å². The largest absolute Gasteiger partial charge is 0.479 e. The monoisotopic (exact) mass is 334 g/mol. The van der Waals surface area contributed by atoms with E-state index in [-0.39, 0.29) is 5.56 Å². The molecule has 0 fully saturated rings. The molecule has 2 amide bonds. The lowest BCUT2D eigenvalue weighted by Gasteiger charge is -2.19. The summed E-state index contributed by atoms with van der Waals surface area (Å²) in [5.74, 6) is -1.37. The molecule has 0 spiro atoms. The normalized spacial score (nSPS) is 13.0. The highest BCUT2D eigenvalue weighted by Crippen LogP contribution is 2.24. The molecule has 23 heavy (non-hydrogen) atoms. The zero-order valence-electron chi connectivity index (χ0n) is 12.2. The number of benzene rings is 2. The van der Waals surface area contributed by atoms with Crippen LogP contribution in [-0.4, -0.2) is 22.2 Å². The van der Waals surface area contributed by atoms with Crippen molar-refractivity contribution >= 4 is 35.0 Å². The van der Waals surface area contributed by atoms with Crippen LogP contribution < -0.4 is 10.6 Å². The minimum atomic E-state index is -2.04. The average Bonchev–Trinajstić information content (AvgIpc) is 2.49. The van der Waals surface area contributed by atoms with Crippen LogP contribution in [0, 0.1) is 0 Å². The van der Waals surface area contributed by atoms with Crippen LogP contribution in [0.3, 0.4) is 0 Å². The summed E-state index contributed by atoms with van der Waals surface area (Å²) in [6.45, 7) is 1.17. The number of nitrogens with one attached hydrogen (secondary N) is 2. The number of anilines is 2. The van der Waals surface area contributed by atoms with Crippen molar-refractivity contribution in [2.24, 2.45) is 0 Å². The first kappa shape index (κ1) is 16.8. The molecule has 0 aliphatic carbocycles. The van der Waals surface area contributed by atoms with E-state index >= 15 is 0 Å². The van der Waals surface area contributed by atoms with Gasteiger partial charge in [0.15, 0.2) is 5.60 Å². The molecule has 120 valence electrons. The predicted molar refractivity (Wildman–Crippen MR) is 87.7 cm³/mol. The molecule has 0 aliphatic rings. The molecular formula is C16H15ClN2O4. The van der Waals surface area contributed by atoms with E-state index in [9.17, 15) is 14.7 Å². The number of aliphatic hydroxyl groups is 1. The Bertz CT molecular complexity index is 729. The van der Waals surface area contributed by atoms with Crippen LogP contribution >= 0.6 is 11.6 Å². The maximum atomic E-state index is 11.9. The Kier molecular flexibility index (Phi) is 4.88. The number of carbonyl (C=O) groups excluding carboxylic acids is 1. The molecule has 6 nitrogen and oxygen atoms in total. The fourth-order valence-corrected chi connectivity index (χ4v) is 1.98. The van der Waals surface area contributed by atoms with Crippen molar-refractivity contribution in [1.29, 1.82) is 0 Å². The summed E-state index contributed by atoms with van der Waals surface area (Å²) in [5.41, 5.74) is -0.963. The van der Waals surface area contributed by atoms with Gasteiger partial charge in [-0.2, -0.15) is 0 Å². The second kappa shape index (κ2) is 6.68. The van der Waals surface area contributed by atoms with Crippen LogP contribution in [0.4, 0.5) is 16.2 Å². The number of urea groups is 1. The molecule has 0 saturated heterocycles. The number of hydrogen-bond donors (Lipinski definition) is 4. The predicted octanol–water partition coefficient (Wildman–Crippen LogP) is 3.28. The second-order valence-corrected chi connectivity index (χ2v) is 5.48. The van der Waals surface area contributed by atoms with Crippen molar-refractivity contribution in [3.05, 3.63) is 59.1 Å². The summed E-state index contributed by atoms with van der Waals surface area (Å²) < 4.78 is 0. The highest BCUT2D eigenvalue weighted by Gasteiger charge is 2.32. The number of aliphatic carboxylic acids is 1. The van der Waals surface area contributed by atoms with E-state index in [1.807, 2.05) is 0 Å². The van der Waals surface area contributed by atoms with Crippen LogP contribution in [0.2, 0.25) is 5.02 Å². The zero-order valence-corrected chi connectivity index (χ0v) is 13.0. The number of amides is 2. The Morgan fingerprint density at radius 2 is 1.65 bits per heavy atom. The Balaban J connectivity index is 2.09. The van der Waals surface area contributed by atoms with E-state index < -0.39 is 17.6 Å². The maximum Gasteiger partial charge on any atom is 0.340 e. The number of carbonyl (C=O) groups is 2. The summed E-state index contributed by atoms with van der Waals surface area (Å²) in [6, 6.07) is 12.1. The number of halogens is 1. The lowest BCUT2D eigenvalue weighted by atomic mass is 9.96. The van der Waals surface area contributed by atoms with Crippen LogP contribution in [0.5, 0.6) is 0 Å². The highest BCUT2D eigenvalue weighted by atomic mass is 35.5. The van der Waals surface area contributed by atoms with E-state index in [2.05, 4.69) is 10.6 Å². The third-order valence-corrected chi connectivity index (χ3v) is 3.45. The Morgan fingerprint density at radius 1 is 1.04 bits per heavy atom. The molecule has 0 bridgehead atoms. The van der Waals surface area contributed by atoms with Crippen molar-refractivity contribution in [2.75, 3.05) is 10.6 Å². The van der Waals surface area contributed by atoms with Gasteiger partial charge in [0.25, 0.3) is 0 Å². The molecule has 2 aromatic carbocycles. The van der Waals surface area contributed by atoms with Crippen molar-refractivity contribution in [2.45, 2.75) is 12.5 Å². The fraction of sp³-hybridized carbons (Fsp3) is 0.125. The standard InChI is InChI=1S/C16H15ClN2O4/c1-16(23,14(20)21)10-3-2-4-13(9-10)19-15(22)18-12-7-5-11(17)6-8-12/h2-9,23H,1H3,(H,20,21)(H2,18,19,22). The van der Waals surface area contributed by atoms with Crippen LogP contribution in [-0.2, 0) is 10.4 Å². The Hall–Kier alpha value is -2.57. The van der Waals surface area contributed by atoms with Gasteiger partial charge in [0, 0.05) is 16.4 Å². The second-order valence-electron chi connectivity index (χ2n) is 5.04. The van der Waals surface area contributed by atoms with Crippen molar-refractivity contribution in [1.82, 2.24) is 0 Å². The number of carboxylic acids is 1. The van der Waals surface area contributed by atoms with E-state index in [0.717, 1.165) is 0 Å². The first-order valence-electron chi connectivity index (χ1n) is 6.69. The number of carboxylic acid groups (broad SMARTS) is 1. The maximum absolute atomic E-state index is 11.9. The van der Waals surface area contributed by atoms with Crippen LogP contribution in [0.15, 0.2) is 48.5 Å². The summed E-state index contributed by atoms with van der Waals surface area (Å²) in [6.07, 6.45) is 0. The minimum Gasteiger partial charge on any atom is -0.479 e. The Labute approximate surface area is 137 Å². The number of hydrogen-bond acceptors (Lipinski definition) is 3. The van der Waals surface area contributed by atoms with Crippen molar-refractivity contribution < 1.29 is 19.8 Å². The average molecular weight is 335 g/mol. The van der Waals surface area contributed by atoms with Gasteiger partial charge in [-0.15, -0.1) is 0 Å². The van der Waals surface area contributed by atoms with E-state index in [1.165, 1.54) is 19.1 Å². The third kappa shape index (κ3) is 4.21. The number of rotatable bonds is 4. The highest BCUT2D eigenvalue weighted by molar-refractivity contribution is 6.30. The molecular weight excluding hydrogens is 320 g/mol. The minimum absolute atomic E-state index is 0.161. The lowest BCUT2D eigenvalue weighted by Crippen LogP contribution is -2.32. The van der Waals surface area contributed by atoms with Gasteiger partial charge < -0.3 is 20.8 Å². The molecule has 0 heterocycles. The zero-order chi connectivity index (χ0) is 17.0. The van der Waals surface area contributed by atoms with E-state index in [1.54, 1.807) is 36.4 Å². The molecule has 4 N–H and O–H groups in total. The van der Waals surface area contributed by atoms with E-state index in [0.29, 0.717) is 16.4 Å². The summed E-state index contributed by atoms with van der Waals surface area (Å²) >= 11 is 5.76. The van der Waals surface area contributed by atoms with Gasteiger partial charge in [0.05, 0.1) is 0 Å². The molecule has 7 heteroatoms. The summed E-state index contributed by atoms with van der Waals surface area (Å²) in [7, 11) is 0. The van der Waals surface area contributed by atoms with Gasteiger partial charge in [0.2, 0.25) is 0 Å². The SMILES string of the molecule is CC(O)(C(=O)O)c1cccc(NC(=O)Nc2ccc(Cl)cc2)c1. The van der Waals surface area contributed by atoms with Crippen molar-refractivity contribution in [3.63, 3.8) is 0 Å². The molecule has 0 aliphatic heterocycles. The first-order chi connectivity index (χ1) is 10.8. The summed E-state index contributed by atoms with van der Waals surface area (Å²) in [5, 5.41) is 24.7. The van der Waals surface area contributed by atoms with Gasteiger partial charge in [-0.25, -0.2) is 9.59 Å². The lowest BCUT2D eigenvalue weighted by molar-refractivity contribution is -0.157. The fourth-order valence-electron chi connectivity index (χ4n) is 1.85. The first-order valence-corrected chi connectivity index (χ1v) is 7.07. The molecule has 1 unspecified atom stereocenters. The van der Waals surface area contributed by atoms with Crippen molar-refractivity contribution in [3.8, 4) is 0 Å². The molecule has 2 aromatic rings. The van der Waals surface area contributed by atoms with Gasteiger partial charge in [-0.1, -0.05) is 23.7 Å². The third-order valence-electron chi connectivity index (χ3n) is 3.20. The summed E-state index contributed by atoms with van der Waals surface area (Å²) in [4.78, 5) is 23.0. The van der Waals surface area contributed by atoms with E-state index in [4.69, 9.17) is 16.7 Å². The van der Waals surface area contributed by atoms with Gasteiger partial charge >= 0.3 is 12.0 Å². The molecule has 0 radical (unpaired) electrons. The van der Waals surface area contributed by atoms with Gasteiger partial charge in [-0.05, 0) is 48.9 Å². The Morgan fingerprint density at radius 3 is 2.26 bits per heavy atom. The molecule has 0 aromatic heterocycles. The molecule has 2 rings (SSSR count). The van der Waals surface area contributed by atoms with Gasteiger partial charge in [0.1, 0.15) is 0 Å². The topological polar surface area (TPSA) is 98.7 Å². The quantitative estimate of drug-likeness (QED) is 0.689. The van der Waals surface area contributed by atoms with Gasteiger partial charge in [-0.3, -0.25) is 0 Å². The molecule has 1 atom stereocenters. The van der Waals surface area contributed by atoms with Crippen LogP contribution in [0.1, 0.15) is 12.5 Å². The smallest absolute Gasteiger partial charge is 0.340 e. The molecule has 0 saturated carbocycles.